The predicted octanol–water partition coefficient (Wildman–Crippen LogP) is 1.73. The van der Waals surface area contributed by atoms with Crippen molar-refractivity contribution in [2.45, 2.75) is 38.6 Å². The van der Waals surface area contributed by atoms with E-state index in [0.717, 1.165) is 44.6 Å². The minimum absolute atomic E-state index is 0.771. The number of methoxy groups -OCH3 is 1. The molecule has 0 aromatic heterocycles. The molecule has 1 aliphatic carbocycles. The Morgan fingerprint density at radius 3 is 2.69 bits per heavy atom. The van der Waals surface area contributed by atoms with Crippen LogP contribution in [0.2, 0.25) is 0 Å². The van der Waals surface area contributed by atoms with Crippen molar-refractivity contribution in [1.29, 1.82) is 0 Å². The van der Waals surface area contributed by atoms with Crippen molar-refractivity contribution in [3.63, 3.8) is 0 Å². The molecule has 96 valence electrons. The summed E-state index contributed by atoms with van der Waals surface area (Å²) in [5, 5.41) is 3.68. The van der Waals surface area contributed by atoms with Crippen LogP contribution in [-0.2, 0) is 4.74 Å². The highest BCUT2D eigenvalue weighted by Gasteiger charge is 2.29. The summed E-state index contributed by atoms with van der Waals surface area (Å²) in [7, 11) is 3.96. The molecule has 0 amide bonds. The molecule has 3 nitrogen and oxygen atoms in total. The molecule has 0 bridgehead atoms. The van der Waals surface area contributed by atoms with Crippen LogP contribution in [0, 0.1) is 5.92 Å². The molecule has 3 heteroatoms. The van der Waals surface area contributed by atoms with Crippen molar-refractivity contribution in [3.8, 4) is 0 Å². The van der Waals surface area contributed by atoms with E-state index in [0.29, 0.717) is 0 Å². The molecular formula is C13H28N2O. The van der Waals surface area contributed by atoms with E-state index in [1.807, 2.05) is 0 Å². The van der Waals surface area contributed by atoms with E-state index in [-0.39, 0.29) is 0 Å². The average Bonchev–Trinajstić information content (AvgIpc) is 3.09. The first-order valence-electron chi connectivity index (χ1n) is 6.68. The molecule has 0 saturated heterocycles. The van der Waals surface area contributed by atoms with Crippen molar-refractivity contribution in [2.75, 3.05) is 40.4 Å². The predicted molar refractivity (Wildman–Crippen MR) is 68.8 cm³/mol. The lowest BCUT2D eigenvalue weighted by molar-refractivity contribution is 0.179. The number of hydrogen-bond acceptors (Lipinski definition) is 3. The summed E-state index contributed by atoms with van der Waals surface area (Å²) < 4.78 is 5.05. The van der Waals surface area contributed by atoms with E-state index >= 15 is 0 Å². The van der Waals surface area contributed by atoms with Gasteiger partial charge in [-0.1, -0.05) is 6.92 Å². The van der Waals surface area contributed by atoms with Gasteiger partial charge < -0.3 is 15.0 Å². The van der Waals surface area contributed by atoms with Gasteiger partial charge in [0.05, 0.1) is 0 Å². The Morgan fingerprint density at radius 2 is 2.12 bits per heavy atom. The molecule has 1 aliphatic rings. The van der Waals surface area contributed by atoms with E-state index in [9.17, 15) is 0 Å². The monoisotopic (exact) mass is 228 g/mol. The molecule has 0 radical (unpaired) electrons. The zero-order chi connectivity index (χ0) is 11.8. The Hall–Kier alpha value is -0.120. The van der Waals surface area contributed by atoms with E-state index in [1.165, 1.54) is 19.3 Å². The Morgan fingerprint density at radius 1 is 1.38 bits per heavy atom. The van der Waals surface area contributed by atoms with Crippen molar-refractivity contribution >= 4 is 0 Å². The highest BCUT2D eigenvalue weighted by atomic mass is 16.5. The number of ether oxygens (including phenoxy) is 1. The average molecular weight is 228 g/mol. The third-order valence-corrected chi connectivity index (χ3v) is 3.42. The first-order chi connectivity index (χ1) is 7.77. The lowest BCUT2D eigenvalue weighted by Crippen LogP contribution is -2.37. The normalized spacial score (nSPS) is 18.0. The number of likely N-dealkylation sites (N-methyl/N-ethyl adjacent to an activating group) is 1. The Labute approximate surface area is 101 Å². The van der Waals surface area contributed by atoms with Gasteiger partial charge in [0.1, 0.15) is 0 Å². The summed E-state index contributed by atoms with van der Waals surface area (Å²) in [5.74, 6) is 0.976. The topological polar surface area (TPSA) is 24.5 Å². The van der Waals surface area contributed by atoms with Crippen molar-refractivity contribution in [3.05, 3.63) is 0 Å². The van der Waals surface area contributed by atoms with Gasteiger partial charge in [-0.3, -0.25) is 0 Å². The molecule has 0 aromatic rings. The van der Waals surface area contributed by atoms with Gasteiger partial charge in [-0.2, -0.15) is 0 Å². The van der Waals surface area contributed by atoms with Gasteiger partial charge in [0.25, 0.3) is 0 Å². The lowest BCUT2D eigenvalue weighted by atomic mass is 10.1. The number of hydrogen-bond donors (Lipinski definition) is 1. The molecule has 0 aliphatic heterocycles. The fraction of sp³-hybridized carbons (Fsp3) is 1.00. The second-order valence-electron chi connectivity index (χ2n) is 4.96. The number of nitrogens with zero attached hydrogens (tertiary/aromatic N) is 1. The molecule has 1 rings (SSSR count). The molecule has 0 spiro atoms. The zero-order valence-corrected chi connectivity index (χ0v) is 11.2. The van der Waals surface area contributed by atoms with Gasteiger partial charge in [0, 0.05) is 39.4 Å². The second-order valence-corrected chi connectivity index (χ2v) is 4.96. The minimum atomic E-state index is 0.771. The summed E-state index contributed by atoms with van der Waals surface area (Å²) in [6, 6.07) is 0.771. The van der Waals surface area contributed by atoms with Crippen LogP contribution in [0.4, 0.5) is 0 Å². The second kappa shape index (κ2) is 8.04. The number of rotatable bonds is 10. The van der Waals surface area contributed by atoms with Crippen molar-refractivity contribution in [2.24, 2.45) is 5.92 Å². The van der Waals surface area contributed by atoms with E-state index < -0.39 is 0 Å². The smallest absolute Gasteiger partial charge is 0.0474 e. The molecular weight excluding hydrogens is 200 g/mol. The molecule has 1 saturated carbocycles. The van der Waals surface area contributed by atoms with Gasteiger partial charge >= 0.3 is 0 Å². The van der Waals surface area contributed by atoms with Gasteiger partial charge in [-0.15, -0.1) is 0 Å². The van der Waals surface area contributed by atoms with E-state index in [1.54, 1.807) is 7.11 Å². The van der Waals surface area contributed by atoms with Crippen LogP contribution in [0.15, 0.2) is 0 Å². The van der Waals surface area contributed by atoms with E-state index in [2.05, 4.69) is 24.2 Å². The van der Waals surface area contributed by atoms with Crippen LogP contribution in [0.1, 0.15) is 32.6 Å². The maximum Gasteiger partial charge on any atom is 0.0474 e. The molecule has 1 fully saturated rings. The van der Waals surface area contributed by atoms with Crippen LogP contribution < -0.4 is 5.32 Å². The molecule has 16 heavy (non-hydrogen) atoms. The summed E-state index contributed by atoms with van der Waals surface area (Å²) >= 11 is 0. The highest BCUT2D eigenvalue weighted by Crippen LogP contribution is 2.33. The molecule has 1 atom stereocenters. The SMILES string of the molecule is CCC(NCCN(C)CCCOC)C1CC1. The van der Waals surface area contributed by atoms with E-state index in [4.69, 9.17) is 4.74 Å². The zero-order valence-electron chi connectivity index (χ0n) is 11.2. The maximum atomic E-state index is 5.05. The third kappa shape index (κ3) is 5.83. The number of nitrogens with one attached hydrogen (secondary N) is 1. The summed E-state index contributed by atoms with van der Waals surface area (Å²) in [6.07, 6.45) is 5.29. The molecule has 0 aromatic carbocycles. The maximum absolute atomic E-state index is 5.05. The minimum Gasteiger partial charge on any atom is -0.385 e. The van der Waals surface area contributed by atoms with Gasteiger partial charge in [-0.05, 0) is 38.6 Å². The van der Waals surface area contributed by atoms with Gasteiger partial charge in [-0.25, -0.2) is 0 Å². The largest absolute Gasteiger partial charge is 0.385 e. The standard InChI is InChI=1S/C13H28N2O/c1-4-13(12-6-7-12)14-8-10-15(2)9-5-11-16-3/h12-14H,4-11H2,1-3H3. The van der Waals surface area contributed by atoms with Gasteiger partial charge in [0.15, 0.2) is 0 Å². The quantitative estimate of drug-likeness (QED) is 0.576. The molecule has 0 heterocycles. The van der Waals surface area contributed by atoms with Crippen molar-refractivity contribution < 1.29 is 4.74 Å². The fourth-order valence-corrected chi connectivity index (χ4v) is 2.17. The first kappa shape index (κ1) is 13.9. The summed E-state index contributed by atoms with van der Waals surface area (Å²) in [5.41, 5.74) is 0. The Balaban J connectivity index is 1.96. The fourth-order valence-electron chi connectivity index (χ4n) is 2.17. The van der Waals surface area contributed by atoms with Crippen molar-refractivity contribution in [1.82, 2.24) is 10.2 Å². The summed E-state index contributed by atoms with van der Waals surface area (Å²) in [4.78, 5) is 2.38. The third-order valence-electron chi connectivity index (χ3n) is 3.42. The molecule has 1 unspecified atom stereocenters. The molecule has 1 N–H and O–H groups in total. The summed E-state index contributed by atoms with van der Waals surface area (Å²) in [6.45, 7) is 6.57. The Kier molecular flexibility index (Phi) is 7.01. The first-order valence-corrected chi connectivity index (χ1v) is 6.68. The Bertz CT molecular complexity index is 171. The van der Waals surface area contributed by atoms with Crippen LogP contribution in [0.5, 0.6) is 0 Å². The van der Waals surface area contributed by atoms with Crippen LogP contribution in [0.3, 0.4) is 0 Å². The van der Waals surface area contributed by atoms with Crippen LogP contribution >= 0.6 is 0 Å². The van der Waals surface area contributed by atoms with Gasteiger partial charge in [0.2, 0.25) is 0 Å². The lowest BCUT2D eigenvalue weighted by Gasteiger charge is -2.20. The van der Waals surface area contributed by atoms with Crippen LogP contribution in [0.25, 0.3) is 0 Å². The van der Waals surface area contributed by atoms with Crippen LogP contribution in [-0.4, -0.2) is 51.3 Å². The highest BCUT2D eigenvalue weighted by molar-refractivity contribution is 4.85.